The van der Waals surface area contributed by atoms with Crippen LogP contribution in [0.3, 0.4) is 0 Å². The summed E-state index contributed by atoms with van der Waals surface area (Å²) in [4.78, 5) is 0. The average Bonchev–Trinajstić information content (AvgIpc) is 3.02. The Labute approximate surface area is 242 Å². The van der Waals surface area contributed by atoms with E-state index in [9.17, 15) is 0 Å². The maximum Gasteiger partial charge on any atom is -0.00261 e. The van der Waals surface area contributed by atoms with Gasteiger partial charge in [0.15, 0.2) is 0 Å². The number of benzene rings is 7. The van der Waals surface area contributed by atoms with Gasteiger partial charge in [-0.25, -0.2) is 0 Å². The second-order valence-electron chi connectivity index (χ2n) is 11.5. The van der Waals surface area contributed by atoms with Gasteiger partial charge in [-0.3, -0.25) is 0 Å². The van der Waals surface area contributed by atoms with Gasteiger partial charge >= 0.3 is 0 Å². The fourth-order valence-electron chi connectivity index (χ4n) is 6.84. The van der Waals surface area contributed by atoms with Gasteiger partial charge in [-0.05, 0) is 140 Å². The molecule has 0 fully saturated rings. The number of hydrogen-bond acceptors (Lipinski definition) is 0. The van der Waals surface area contributed by atoms with E-state index < -0.39 is 0 Å². The highest BCUT2D eigenvalue weighted by atomic mass is 14.2. The highest BCUT2D eigenvalue weighted by Gasteiger charge is 2.19. The molecule has 0 atom stereocenters. The van der Waals surface area contributed by atoms with Crippen molar-refractivity contribution >= 4 is 32.3 Å². The van der Waals surface area contributed by atoms with Crippen molar-refractivity contribution in [3.05, 3.63) is 143 Å². The van der Waals surface area contributed by atoms with Gasteiger partial charge in [0.25, 0.3) is 0 Å². The largest absolute Gasteiger partial charge is 0.0622 e. The van der Waals surface area contributed by atoms with Crippen LogP contribution in [0.5, 0.6) is 0 Å². The zero-order valence-electron chi connectivity index (χ0n) is 24.5. The average molecular weight is 527 g/mol. The first-order valence-corrected chi connectivity index (χ1v) is 14.5. The van der Waals surface area contributed by atoms with Crippen LogP contribution in [0, 0.1) is 34.6 Å². The number of hydrogen-bond donors (Lipinski definition) is 0. The normalized spacial score (nSPS) is 11.5. The summed E-state index contributed by atoms with van der Waals surface area (Å²) in [5.41, 5.74) is 14.7. The maximum absolute atomic E-state index is 2.46. The molecule has 0 amide bonds. The van der Waals surface area contributed by atoms with Crippen LogP contribution in [0.4, 0.5) is 0 Å². The Morgan fingerprint density at radius 3 is 1.46 bits per heavy atom. The van der Waals surface area contributed by atoms with E-state index in [1.54, 1.807) is 0 Å². The quantitative estimate of drug-likeness (QED) is 0.201. The van der Waals surface area contributed by atoms with E-state index in [2.05, 4.69) is 150 Å². The molecule has 0 nitrogen and oxygen atoms in total. The van der Waals surface area contributed by atoms with Crippen LogP contribution in [0.15, 0.2) is 115 Å². The van der Waals surface area contributed by atoms with Crippen molar-refractivity contribution in [3.8, 4) is 33.4 Å². The first-order chi connectivity index (χ1) is 19.9. The molecule has 0 aliphatic rings. The fourth-order valence-corrected chi connectivity index (χ4v) is 6.84. The lowest BCUT2D eigenvalue weighted by Gasteiger charge is -2.21. The summed E-state index contributed by atoms with van der Waals surface area (Å²) in [6, 6.07) is 42.6. The summed E-state index contributed by atoms with van der Waals surface area (Å²) in [6.45, 7) is 11.4. The summed E-state index contributed by atoms with van der Waals surface area (Å²) in [5.74, 6) is 0. The third-order valence-corrected chi connectivity index (χ3v) is 9.41. The highest BCUT2D eigenvalue weighted by Crippen LogP contribution is 2.46. The summed E-state index contributed by atoms with van der Waals surface area (Å²) < 4.78 is 0. The lowest BCUT2D eigenvalue weighted by atomic mass is 9.82. The molecule has 0 saturated heterocycles. The summed E-state index contributed by atoms with van der Waals surface area (Å²) in [7, 11) is 0. The first-order valence-electron chi connectivity index (χ1n) is 14.5. The Balaban J connectivity index is 1.64. The molecule has 0 unspecified atom stereocenters. The standard InChI is InChI=1S/C41H34/c1-25-26(2)28(4)39(29(5)27(25)3)34-21-22-37-38(24-34)40(31-14-7-6-8-15-31)35-17-11-12-18-36(35)41(37)33-20-19-30-13-9-10-16-32(30)23-33/h6-24H,1-5H3. The van der Waals surface area contributed by atoms with Crippen LogP contribution < -0.4 is 0 Å². The molecule has 0 radical (unpaired) electrons. The van der Waals surface area contributed by atoms with Crippen LogP contribution in [-0.4, -0.2) is 0 Å². The Kier molecular flexibility index (Phi) is 6.02. The van der Waals surface area contributed by atoms with Crippen molar-refractivity contribution in [2.24, 2.45) is 0 Å². The molecule has 0 bridgehead atoms. The van der Waals surface area contributed by atoms with Gasteiger partial charge in [0, 0.05) is 0 Å². The molecule has 41 heavy (non-hydrogen) atoms. The molecule has 0 N–H and O–H groups in total. The van der Waals surface area contributed by atoms with Gasteiger partial charge in [-0.2, -0.15) is 0 Å². The van der Waals surface area contributed by atoms with Crippen molar-refractivity contribution < 1.29 is 0 Å². The Morgan fingerprint density at radius 2 is 0.780 bits per heavy atom. The van der Waals surface area contributed by atoms with Crippen LogP contribution >= 0.6 is 0 Å². The monoisotopic (exact) mass is 526 g/mol. The topological polar surface area (TPSA) is 0 Å². The molecule has 0 aromatic heterocycles. The minimum Gasteiger partial charge on any atom is -0.0622 e. The van der Waals surface area contributed by atoms with E-state index in [0.29, 0.717) is 0 Å². The van der Waals surface area contributed by atoms with Crippen LogP contribution in [0.1, 0.15) is 27.8 Å². The maximum atomic E-state index is 2.46. The Hall–Kier alpha value is -4.68. The summed E-state index contributed by atoms with van der Waals surface area (Å²) in [6.07, 6.45) is 0. The molecule has 7 aromatic carbocycles. The molecule has 0 aliphatic heterocycles. The summed E-state index contributed by atoms with van der Waals surface area (Å²) in [5, 5.41) is 7.70. The third-order valence-electron chi connectivity index (χ3n) is 9.41. The second kappa shape index (κ2) is 9.75. The van der Waals surface area contributed by atoms with Crippen molar-refractivity contribution in [1.29, 1.82) is 0 Å². The highest BCUT2D eigenvalue weighted by molar-refractivity contribution is 6.22. The van der Waals surface area contributed by atoms with Crippen molar-refractivity contribution in [1.82, 2.24) is 0 Å². The van der Waals surface area contributed by atoms with Gasteiger partial charge < -0.3 is 0 Å². The lowest BCUT2D eigenvalue weighted by Crippen LogP contribution is -2.00. The smallest absolute Gasteiger partial charge is 0.00261 e. The SMILES string of the molecule is Cc1c(C)c(C)c(-c2ccc3c(-c4ccc5ccccc5c4)c4ccccc4c(-c4ccccc4)c3c2)c(C)c1C. The first kappa shape index (κ1) is 25.3. The number of fused-ring (bicyclic) bond motifs is 3. The van der Waals surface area contributed by atoms with Crippen LogP contribution in [0.25, 0.3) is 65.7 Å². The van der Waals surface area contributed by atoms with Gasteiger partial charge in [0.1, 0.15) is 0 Å². The zero-order chi connectivity index (χ0) is 28.2. The molecular weight excluding hydrogens is 492 g/mol. The van der Waals surface area contributed by atoms with Crippen LogP contribution in [0.2, 0.25) is 0 Å². The molecule has 0 heterocycles. The van der Waals surface area contributed by atoms with Crippen LogP contribution in [-0.2, 0) is 0 Å². The molecule has 7 aromatic rings. The molecule has 0 heteroatoms. The Bertz CT molecular complexity index is 2100. The van der Waals surface area contributed by atoms with E-state index in [4.69, 9.17) is 0 Å². The molecule has 7 rings (SSSR count). The molecular formula is C41H34. The number of rotatable bonds is 3. The lowest BCUT2D eigenvalue weighted by molar-refractivity contribution is 1.18. The van der Waals surface area contributed by atoms with E-state index in [1.165, 1.54) is 93.5 Å². The Morgan fingerprint density at radius 1 is 0.293 bits per heavy atom. The van der Waals surface area contributed by atoms with Gasteiger partial charge in [0.05, 0.1) is 0 Å². The van der Waals surface area contributed by atoms with Gasteiger partial charge in [-0.1, -0.05) is 103 Å². The van der Waals surface area contributed by atoms with E-state index in [-0.39, 0.29) is 0 Å². The third kappa shape index (κ3) is 3.98. The van der Waals surface area contributed by atoms with Crippen molar-refractivity contribution in [3.63, 3.8) is 0 Å². The molecule has 198 valence electrons. The van der Waals surface area contributed by atoms with Crippen molar-refractivity contribution in [2.75, 3.05) is 0 Å². The molecule has 0 aliphatic carbocycles. The zero-order valence-corrected chi connectivity index (χ0v) is 24.5. The summed E-state index contributed by atoms with van der Waals surface area (Å²) >= 11 is 0. The van der Waals surface area contributed by atoms with E-state index >= 15 is 0 Å². The van der Waals surface area contributed by atoms with Gasteiger partial charge in [0.2, 0.25) is 0 Å². The molecule has 0 saturated carbocycles. The van der Waals surface area contributed by atoms with E-state index in [1.807, 2.05) is 0 Å². The molecule has 0 spiro atoms. The predicted octanol–water partition coefficient (Wildman–Crippen LogP) is 11.7. The fraction of sp³-hybridized carbons (Fsp3) is 0.122. The van der Waals surface area contributed by atoms with E-state index in [0.717, 1.165) is 0 Å². The minimum atomic E-state index is 1.25. The second-order valence-corrected chi connectivity index (χ2v) is 11.5. The predicted molar refractivity (Wildman–Crippen MR) is 179 cm³/mol. The van der Waals surface area contributed by atoms with Gasteiger partial charge in [-0.15, -0.1) is 0 Å². The minimum absolute atomic E-state index is 1.25. The van der Waals surface area contributed by atoms with Crippen molar-refractivity contribution in [2.45, 2.75) is 34.6 Å².